The van der Waals surface area contributed by atoms with Gasteiger partial charge in [0.05, 0.1) is 7.11 Å². The largest absolute Gasteiger partial charge is 0.467 e. The van der Waals surface area contributed by atoms with Gasteiger partial charge in [0.1, 0.15) is 18.7 Å². The van der Waals surface area contributed by atoms with Crippen LogP contribution in [0, 0.1) is 0 Å². The van der Waals surface area contributed by atoms with E-state index in [2.05, 4.69) is 5.32 Å². The lowest BCUT2D eigenvalue weighted by molar-refractivity contribution is -0.151. The zero-order valence-electron chi connectivity index (χ0n) is 13.9. The standard InChI is InChI=1S/C17H22N2O5/c1-12(15(20)19-10-6-9-14(19)16(21)23-2)18-17(22)24-11-13-7-4-3-5-8-13/h3-5,7-8,12,14H,6,9-11H2,1-2H3,(H,18,22)/t12?,14-/m0/s1. The molecule has 2 amide bonds. The predicted molar refractivity (Wildman–Crippen MR) is 86.0 cm³/mol. The highest BCUT2D eigenvalue weighted by molar-refractivity contribution is 5.89. The van der Waals surface area contributed by atoms with E-state index in [1.807, 2.05) is 30.3 Å². The van der Waals surface area contributed by atoms with Crippen LogP contribution in [0.1, 0.15) is 25.3 Å². The average Bonchev–Trinajstić information content (AvgIpc) is 3.09. The van der Waals surface area contributed by atoms with Crippen molar-refractivity contribution in [3.05, 3.63) is 35.9 Å². The summed E-state index contributed by atoms with van der Waals surface area (Å²) in [6.45, 7) is 2.17. The van der Waals surface area contributed by atoms with E-state index in [-0.39, 0.29) is 12.5 Å². The summed E-state index contributed by atoms with van der Waals surface area (Å²) >= 11 is 0. The van der Waals surface area contributed by atoms with Crippen molar-refractivity contribution in [3.63, 3.8) is 0 Å². The number of esters is 1. The van der Waals surface area contributed by atoms with Gasteiger partial charge in [-0.25, -0.2) is 9.59 Å². The molecular weight excluding hydrogens is 312 g/mol. The van der Waals surface area contributed by atoms with Crippen LogP contribution in [-0.4, -0.2) is 48.6 Å². The third-order valence-electron chi connectivity index (χ3n) is 3.93. The Kier molecular flexibility index (Phi) is 6.17. The summed E-state index contributed by atoms with van der Waals surface area (Å²) in [5.41, 5.74) is 0.858. The monoisotopic (exact) mass is 334 g/mol. The van der Waals surface area contributed by atoms with Gasteiger partial charge in [-0.3, -0.25) is 4.79 Å². The van der Waals surface area contributed by atoms with E-state index in [0.717, 1.165) is 12.0 Å². The van der Waals surface area contributed by atoms with Crippen LogP contribution >= 0.6 is 0 Å². The van der Waals surface area contributed by atoms with Gasteiger partial charge in [0.25, 0.3) is 0 Å². The van der Waals surface area contributed by atoms with E-state index in [1.54, 1.807) is 6.92 Å². The summed E-state index contributed by atoms with van der Waals surface area (Å²) < 4.78 is 9.81. The van der Waals surface area contributed by atoms with Gasteiger partial charge in [-0.05, 0) is 25.3 Å². The Balaban J connectivity index is 1.84. The second-order valence-corrected chi connectivity index (χ2v) is 5.64. The molecule has 1 N–H and O–H groups in total. The molecule has 1 aromatic carbocycles. The van der Waals surface area contributed by atoms with E-state index >= 15 is 0 Å². The lowest BCUT2D eigenvalue weighted by atomic mass is 10.2. The minimum atomic E-state index is -0.779. The highest BCUT2D eigenvalue weighted by atomic mass is 16.5. The first kappa shape index (κ1) is 17.8. The van der Waals surface area contributed by atoms with Gasteiger partial charge in [0.15, 0.2) is 0 Å². The molecule has 24 heavy (non-hydrogen) atoms. The number of rotatable bonds is 5. The second kappa shape index (κ2) is 8.33. The molecule has 1 saturated heterocycles. The maximum absolute atomic E-state index is 12.4. The van der Waals surface area contributed by atoms with E-state index in [1.165, 1.54) is 12.0 Å². The first-order valence-electron chi connectivity index (χ1n) is 7.88. The van der Waals surface area contributed by atoms with Crippen LogP contribution in [0.5, 0.6) is 0 Å². The first-order chi connectivity index (χ1) is 11.5. The van der Waals surface area contributed by atoms with Crippen molar-refractivity contribution in [1.82, 2.24) is 10.2 Å². The minimum Gasteiger partial charge on any atom is -0.467 e. The van der Waals surface area contributed by atoms with Crippen molar-refractivity contribution < 1.29 is 23.9 Å². The van der Waals surface area contributed by atoms with Gasteiger partial charge in [-0.15, -0.1) is 0 Å². The van der Waals surface area contributed by atoms with Crippen LogP contribution in [0.15, 0.2) is 30.3 Å². The molecule has 7 nitrogen and oxygen atoms in total. The van der Waals surface area contributed by atoms with Gasteiger partial charge in [0, 0.05) is 6.54 Å². The van der Waals surface area contributed by atoms with Crippen molar-refractivity contribution in [1.29, 1.82) is 0 Å². The normalized spacial score (nSPS) is 17.9. The Morgan fingerprint density at radius 1 is 1.29 bits per heavy atom. The number of carbonyl (C=O) groups is 3. The highest BCUT2D eigenvalue weighted by Crippen LogP contribution is 2.19. The number of amides is 2. The number of nitrogens with one attached hydrogen (secondary N) is 1. The number of hydrogen-bond acceptors (Lipinski definition) is 5. The number of likely N-dealkylation sites (tertiary alicyclic amines) is 1. The fraction of sp³-hybridized carbons (Fsp3) is 0.471. The van der Waals surface area contributed by atoms with Crippen LogP contribution in [0.25, 0.3) is 0 Å². The van der Waals surface area contributed by atoms with E-state index in [4.69, 9.17) is 9.47 Å². The number of carbonyl (C=O) groups excluding carboxylic acids is 3. The molecule has 2 rings (SSSR count). The molecule has 0 bridgehead atoms. The summed E-state index contributed by atoms with van der Waals surface area (Å²) in [5, 5.41) is 2.50. The molecule has 0 saturated carbocycles. The molecule has 1 aliphatic rings. The topological polar surface area (TPSA) is 84.9 Å². The van der Waals surface area contributed by atoms with Crippen LogP contribution in [0.3, 0.4) is 0 Å². The number of hydrogen-bond donors (Lipinski definition) is 1. The molecule has 1 aliphatic heterocycles. The lowest BCUT2D eigenvalue weighted by Gasteiger charge is -2.26. The van der Waals surface area contributed by atoms with Crippen molar-refractivity contribution in [3.8, 4) is 0 Å². The highest BCUT2D eigenvalue weighted by Gasteiger charge is 2.37. The molecule has 1 heterocycles. The van der Waals surface area contributed by atoms with Crippen molar-refractivity contribution in [2.45, 2.75) is 38.5 Å². The van der Waals surface area contributed by atoms with E-state index < -0.39 is 24.1 Å². The SMILES string of the molecule is COC(=O)[C@@H]1CCCN1C(=O)C(C)NC(=O)OCc1ccccc1. The Labute approximate surface area is 140 Å². The molecule has 7 heteroatoms. The quantitative estimate of drug-likeness (QED) is 0.824. The zero-order valence-corrected chi connectivity index (χ0v) is 13.9. The molecule has 0 spiro atoms. The Hall–Kier alpha value is -2.57. The second-order valence-electron chi connectivity index (χ2n) is 5.64. The maximum atomic E-state index is 12.4. The van der Waals surface area contributed by atoms with Gasteiger partial charge in [0.2, 0.25) is 5.91 Å². The number of ether oxygens (including phenoxy) is 2. The average molecular weight is 334 g/mol. The Bertz CT molecular complexity index is 590. The molecule has 1 fully saturated rings. The van der Waals surface area contributed by atoms with Crippen LogP contribution in [0.4, 0.5) is 4.79 Å². The van der Waals surface area contributed by atoms with Crippen molar-refractivity contribution in [2.24, 2.45) is 0 Å². The van der Waals surface area contributed by atoms with Crippen LogP contribution in [0.2, 0.25) is 0 Å². The maximum Gasteiger partial charge on any atom is 0.408 e. The molecular formula is C17H22N2O5. The summed E-state index contributed by atoms with van der Waals surface area (Å²) in [7, 11) is 1.30. The molecule has 1 unspecified atom stereocenters. The number of benzene rings is 1. The van der Waals surface area contributed by atoms with Gasteiger partial charge in [-0.2, -0.15) is 0 Å². The number of methoxy groups -OCH3 is 1. The molecule has 130 valence electrons. The molecule has 0 radical (unpaired) electrons. The van der Waals surface area contributed by atoms with Crippen LogP contribution in [-0.2, 0) is 25.7 Å². The van der Waals surface area contributed by atoms with Crippen LogP contribution < -0.4 is 5.32 Å². The smallest absolute Gasteiger partial charge is 0.408 e. The number of alkyl carbamates (subject to hydrolysis) is 1. The van der Waals surface area contributed by atoms with Gasteiger partial charge >= 0.3 is 12.1 Å². The first-order valence-corrected chi connectivity index (χ1v) is 7.88. The third kappa shape index (κ3) is 4.47. The summed E-state index contributed by atoms with van der Waals surface area (Å²) in [6, 6.07) is 7.90. The summed E-state index contributed by atoms with van der Waals surface area (Å²) in [4.78, 5) is 37.4. The van der Waals surface area contributed by atoms with E-state index in [0.29, 0.717) is 13.0 Å². The Morgan fingerprint density at radius 3 is 2.67 bits per heavy atom. The minimum absolute atomic E-state index is 0.127. The summed E-state index contributed by atoms with van der Waals surface area (Å²) in [6.07, 6.45) is 0.633. The third-order valence-corrected chi connectivity index (χ3v) is 3.93. The number of nitrogens with zero attached hydrogens (tertiary/aromatic N) is 1. The fourth-order valence-corrected chi connectivity index (χ4v) is 2.66. The lowest BCUT2D eigenvalue weighted by Crippen LogP contribution is -2.50. The molecule has 1 aromatic rings. The van der Waals surface area contributed by atoms with Crippen molar-refractivity contribution in [2.75, 3.05) is 13.7 Å². The molecule has 2 atom stereocenters. The fourth-order valence-electron chi connectivity index (χ4n) is 2.66. The van der Waals surface area contributed by atoms with Crippen molar-refractivity contribution >= 4 is 18.0 Å². The van der Waals surface area contributed by atoms with E-state index in [9.17, 15) is 14.4 Å². The molecule has 0 aromatic heterocycles. The zero-order chi connectivity index (χ0) is 17.5. The summed E-state index contributed by atoms with van der Waals surface area (Å²) in [5.74, 6) is -0.751. The van der Waals surface area contributed by atoms with Gasteiger partial charge < -0.3 is 19.7 Å². The molecule has 0 aliphatic carbocycles. The predicted octanol–water partition coefficient (Wildman–Crippen LogP) is 1.47. The Morgan fingerprint density at radius 2 is 2.00 bits per heavy atom. The van der Waals surface area contributed by atoms with Gasteiger partial charge in [-0.1, -0.05) is 30.3 Å².